The van der Waals surface area contributed by atoms with Crippen LogP contribution in [0.2, 0.25) is 0 Å². The molecule has 0 aromatic rings. The van der Waals surface area contributed by atoms with Crippen LogP contribution in [0.25, 0.3) is 0 Å². The molecule has 0 aliphatic heterocycles. The van der Waals surface area contributed by atoms with E-state index in [1.54, 1.807) is 0 Å². The monoisotopic (exact) mass is 244 g/mol. The van der Waals surface area contributed by atoms with Crippen LogP contribution in [0, 0.1) is 0 Å². The van der Waals surface area contributed by atoms with Crippen LogP contribution in [0.15, 0.2) is 0 Å². The van der Waals surface area contributed by atoms with Gasteiger partial charge in [-0.2, -0.15) is 0 Å². The van der Waals surface area contributed by atoms with Gasteiger partial charge in [0.05, 0.1) is 12.0 Å². The number of hydrogen-bond acceptors (Lipinski definition) is 3. The number of ether oxygens (including phenoxy) is 1. The second kappa shape index (κ2) is 8.23. The van der Waals surface area contributed by atoms with Gasteiger partial charge in [0, 0.05) is 19.4 Å². The lowest BCUT2D eigenvalue weighted by atomic mass is 10.1. The molecule has 0 spiro atoms. The Bertz CT molecular complexity index is 240. The molecule has 0 aromatic heterocycles. The van der Waals surface area contributed by atoms with Crippen molar-refractivity contribution in [3.63, 3.8) is 0 Å². The molecule has 0 amide bonds. The normalized spacial score (nSPS) is 11.5. The summed E-state index contributed by atoms with van der Waals surface area (Å²) in [7, 11) is 0. The van der Waals surface area contributed by atoms with E-state index in [0.29, 0.717) is 13.0 Å². The predicted octanol–water partition coefficient (Wildman–Crippen LogP) is 2.80. The first-order chi connectivity index (χ1) is 7.81. The van der Waals surface area contributed by atoms with E-state index in [1.165, 1.54) is 0 Å². The van der Waals surface area contributed by atoms with Crippen LogP contribution in [0.3, 0.4) is 0 Å². The molecular formula is C13H24O4. The zero-order valence-corrected chi connectivity index (χ0v) is 11.1. The maximum Gasteiger partial charge on any atom is 0.303 e. The van der Waals surface area contributed by atoms with Gasteiger partial charge in [0.2, 0.25) is 0 Å². The number of carbonyl (C=O) groups excluding carboxylic acids is 1. The van der Waals surface area contributed by atoms with Crippen molar-refractivity contribution in [1.82, 2.24) is 0 Å². The number of carboxylic acids is 1. The van der Waals surface area contributed by atoms with Crippen molar-refractivity contribution in [3.05, 3.63) is 0 Å². The van der Waals surface area contributed by atoms with Gasteiger partial charge in [0.25, 0.3) is 0 Å². The number of aliphatic carboxylic acids is 1. The van der Waals surface area contributed by atoms with Gasteiger partial charge in [-0.1, -0.05) is 6.42 Å². The number of Topliss-reactive ketones (excluding diaryl/α,β-unsaturated/α-hetero) is 1. The molecule has 0 unspecified atom stereocenters. The Hall–Kier alpha value is -0.900. The molecule has 0 aliphatic carbocycles. The lowest BCUT2D eigenvalue weighted by molar-refractivity contribution is -0.138. The van der Waals surface area contributed by atoms with Gasteiger partial charge in [0.1, 0.15) is 5.78 Å². The third-order valence-electron chi connectivity index (χ3n) is 2.25. The van der Waals surface area contributed by atoms with Crippen molar-refractivity contribution in [2.45, 2.75) is 64.9 Å². The van der Waals surface area contributed by atoms with Gasteiger partial charge >= 0.3 is 5.97 Å². The average Bonchev–Trinajstić information content (AvgIpc) is 2.18. The SMILES string of the molecule is CC(C)(C)OCCCCCC(=O)CCC(=O)O. The highest BCUT2D eigenvalue weighted by molar-refractivity contribution is 5.82. The second-order valence-corrected chi connectivity index (χ2v) is 5.20. The first-order valence-corrected chi connectivity index (χ1v) is 6.19. The minimum absolute atomic E-state index is 0.0455. The largest absolute Gasteiger partial charge is 0.481 e. The molecule has 0 fully saturated rings. The number of hydrogen-bond donors (Lipinski definition) is 1. The third-order valence-corrected chi connectivity index (χ3v) is 2.25. The summed E-state index contributed by atoms with van der Waals surface area (Å²) >= 11 is 0. The Morgan fingerprint density at radius 1 is 1.00 bits per heavy atom. The van der Waals surface area contributed by atoms with E-state index in [-0.39, 0.29) is 24.2 Å². The average molecular weight is 244 g/mol. The fourth-order valence-corrected chi connectivity index (χ4v) is 1.35. The molecule has 4 nitrogen and oxygen atoms in total. The Labute approximate surface area is 103 Å². The van der Waals surface area contributed by atoms with Crippen LogP contribution < -0.4 is 0 Å². The Morgan fingerprint density at radius 2 is 1.65 bits per heavy atom. The molecule has 0 rings (SSSR count). The van der Waals surface area contributed by atoms with Crippen LogP contribution in [-0.4, -0.2) is 29.1 Å². The second-order valence-electron chi connectivity index (χ2n) is 5.20. The molecule has 0 aliphatic rings. The number of carboxylic acid groups (broad SMARTS) is 1. The van der Waals surface area contributed by atoms with Crippen molar-refractivity contribution >= 4 is 11.8 Å². The molecule has 0 heterocycles. The first kappa shape index (κ1) is 16.1. The van der Waals surface area contributed by atoms with E-state index >= 15 is 0 Å². The van der Waals surface area contributed by atoms with Crippen molar-refractivity contribution in [3.8, 4) is 0 Å². The minimum Gasteiger partial charge on any atom is -0.481 e. The molecule has 17 heavy (non-hydrogen) atoms. The van der Waals surface area contributed by atoms with E-state index in [2.05, 4.69) is 0 Å². The van der Waals surface area contributed by atoms with Crippen LogP contribution in [-0.2, 0) is 14.3 Å². The smallest absolute Gasteiger partial charge is 0.303 e. The van der Waals surface area contributed by atoms with Crippen molar-refractivity contribution in [2.75, 3.05) is 6.61 Å². The highest BCUT2D eigenvalue weighted by atomic mass is 16.5. The van der Waals surface area contributed by atoms with Crippen LogP contribution in [0.4, 0.5) is 0 Å². The molecule has 0 saturated heterocycles. The molecule has 100 valence electrons. The van der Waals surface area contributed by atoms with Crippen LogP contribution >= 0.6 is 0 Å². The number of carbonyl (C=O) groups is 2. The summed E-state index contributed by atoms with van der Waals surface area (Å²) in [6.07, 6.45) is 3.33. The molecule has 0 bridgehead atoms. The highest BCUT2D eigenvalue weighted by Gasteiger charge is 2.09. The molecule has 0 radical (unpaired) electrons. The fourth-order valence-electron chi connectivity index (χ4n) is 1.35. The number of ketones is 1. The summed E-state index contributed by atoms with van der Waals surface area (Å²) in [4.78, 5) is 21.5. The molecule has 0 atom stereocenters. The van der Waals surface area contributed by atoms with Gasteiger partial charge in [-0.05, 0) is 33.6 Å². The predicted molar refractivity (Wildman–Crippen MR) is 66.0 cm³/mol. The summed E-state index contributed by atoms with van der Waals surface area (Å²) in [5.74, 6) is -0.860. The summed E-state index contributed by atoms with van der Waals surface area (Å²) in [5.41, 5.74) is -0.0999. The van der Waals surface area contributed by atoms with Gasteiger partial charge in [-0.3, -0.25) is 9.59 Å². The zero-order chi connectivity index (χ0) is 13.3. The van der Waals surface area contributed by atoms with Crippen molar-refractivity contribution < 1.29 is 19.4 Å². The fraction of sp³-hybridized carbons (Fsp3) is 0.846. The van der Waals surface area contributed by atoms with E-state index in [9.17, 15) is 9.59 Å². The van der Waals surface area contributed by atoms with Gasteiger partial charge in [-0.15, -0.1) is 0 Å². The minimum atomic E-state index is -0.906. The lowest BCUT2D eigenvalue weighted by Gasteiger charge is -2.19. The third kappa shape index (κ3) is 13.0. The summed E-state index contributed by atoms with van der Waals surface area (Å²) in [5, 5.41) is 8.41. The summed E-state index contributed by atoms with van der Waals surface area (Å²) < 4.78 is 5.55. The van der Waals surface area contributed by atoms with E-state index < -0.39 is 5.97 Å². The van der Waals surface area contributed by atoms with Crippen molar-refractivity contribution in [1.29, 1.82) is 0 Å². The topological polar surface area (TPSA) is 63.6 Å². The van der Waals surface area contributed by atoms with Gasteiger partial charge in [0.15, 0.2) is 0 Å². The quantitative estimate of drug-likeness (QED) is 0.633. The molecule has 0 aromatic carbocycles. The molecule has 4 heteroatoms. The molecule has 0 saturated carbocycles. The molecule has 1 N–H and O–H groups in total. The van der Waals surface area contributed by atoms with Gasteiger partial charge in [-0.25, -0.2) is 0 Å². The van der Waals surface area contributed by atoms with E-state index in [1.807, 2.05) is 20.8 Å². The maximum absolute atomic E-state index is 11.2. The van der Waals surface area contributed by atoms with E-state index in [4.69, 9.17) is 9.84 Å². The van der Waals surface area contributed by atoms with Crippen molar-refractivity contribution in [2.24, 2.45) is 0 Å². The lowest BCUT2D eigenvalue weighted by Crippen LogP contribution is -2.19. The Kier molecular flexibility index (Phi) is 7.79. The summed E-state index contributed by atoms with van der Waals surface area (Å²) in [6.45, 7) is 6.76. The van der Waals surface area contributed by atoms with Crippen LogP contribution in [0.5, 0.6) is 0 Å². The molecular weight excluding hydrogens is 220 g/mol. The standard InChI is InChI=1S/C13H24O4/c1-13(2,3)17-10-6-4-5-7-11(14)8-9-12(15)16/h4-10H2,1-3H3,(H,15,16). The highest BCUT2D eigenvalue weighted by Crippen LogP contribution is 2.09. The number of unbranched alkanes of at least 4 members (excludes halogenated alkanes) is 2. The van der Waals surface area contributed by atoms with Gasteiger partial charge < -0.3 is 9.84 Å². The first-order valence-electron chi connectivity index (χ1n) is 6.19. The maximum atomic E-state index is 11.2. The number of rotatable bonds is 9. The van der Waals surface area contributed by atoms with Crippen LogP contribution in [0.1, 0.15) is 59.3 Å². The van der Waals surface area contributed by atoms with E-state index in [0.717, 1.165) is 19.3 Å². The Morgan fingerprint density at radius 3 is 2.18 bits per heavy atom. The zero-order valence-electron chi connectivity index (χ0n) is 11.1. The summed E-state index contributed by atoms with van der Waals surface area (Å²) in [6, 6.07) is 0. The Balaban J connectivity index is 3.34.